The van der Waals surface area contributed by atoms with Crippen molar-refractivity contribution in [3.63, 3.8) is 0 Å². The Hall–Kier alpha value is -15.9. The van der Waals surface area contributed by atoms with Crippen molar-refractivity contribution in [1.29, 1.82) is 0 Å². The summed E-state index contributed by atoms with van der Waals surface area (Å²) in [7, 11) is 4.85. The average Bonchev–Trinajstić information content (AvgIpc) is 1.75. The van der Waals surface area contributed by atoms with Crippen molar-refractivity contribution in [3.05, 3.63) is 384 Å². The number of rotatable bonds is 29. The van der Waals surface area contributed by atoms with Crippen molar-refractivity contribution in [2.45, 2.75) is 175 Å². The lowest BCUT2D eigenvalue weighted by molar-refractivity contribution is -0.128. The first-order chi connectivity index (χ1) is 72.5. The van der Waals surface area contributed by atoms with Gasteiger partial charge in [-0.2, -0.15) is 19.9 Å². The van der Waals surface area contributed by atoms with Gasteiger partial charge in [0, 0.05) is 11.8 Å². The van der Waals surface area contributed by atoms with Crippen LogP contribution in [0.4, 0.5) is 41.4 Å². The molecule has 4 saturated heterocycles. The molecular formula is C111H116F4N20O15. The fraction of sp³-hybridized carbons (Fsp3) is 0.315. The number of imidazole rings is 4. The molecule has 4 fully saturated rings. The molecule has 13 N–H and O–H groups in total. The van der Waals surface area contributed by atoms with E-state index < -0.39 is 142 Å². The highest BCUT2D eigenvalue weighted by molar-refractivity contribution is 5.76. The molecule has 778 valence electrons. The number of methoxy groups -OCH3 is 3. The molecular weight excluding hydrogens is 1930 g/mol. The third-order valence-electron chi connectivity index (χ3n) is 29.8. The standard InChI is InChI=1S/C34H36FN5O3.C33H32FN5O3.C32H32FN5O5.C12H16FN5O4/c1-5-33(6-2)22(3)27(35)31(43-33)40-21-36-28-29(40)37-32(38-30(28)41)39-34(23-13-9-7-10-14-23,24-15-11-8-12-16-24)25-17-19-26(42-4)20-18-25;1-5-32(3)21(2)26(34)30(42-32)39-20-35-27-28(39)36-31(37-29(27)40)38-33(22-12-8-6-9-13-22,23-14-10-7-11-15-23)24-16-18-25(41-4)19-17-24;1-3-31(18-39)26(40)24(33)29(43-31)38-19-34-25-27(38)35-30(36-28(25)41)37-32(20-10-6-4-7-11-20,21-12-8-5-9-13-21)22-14-16-23(42-2)17-15-22;1-2-12(3-19)7(20)5(13)10(22-12)18-4-15-6-8(18)16-11(14)17-9(6)21/h7-22,27,31H,5-6H2,1-4H3,(H2,37,38,39,41);5-21,26,30H,1H2,2-4H3,(H2,36,37,38,40);4-17,19,24,26,29,39-40H,3,18H2,1-2H3,(H2,35,36,37,41);4-5,7,10,19-20H,2-3H2,1H3,(H3,14,16,17,21)/t22-,27+,31+;21-,26+,30+,32-;24-,26+,29-,31-;5-,7+,10-,12-/m0011/s1. The molecule has 8 aromatic heterocycles. The summed E-state index contributed by atoms with van der Waals surface area (Å²) < 4.78 is 107. The fourth-order valence-electron chi connectivity index (χ4n) is 20.8. The van der Waals surface area contributed by atoms with Gasteiger partial charge in [0.05, 0.1) is 71.1 Å². The molecule has 4 aliphatic heterocycles. The third-order valence-corrected chi connectivity index (χ3v) is 29.8. The molecule has 21 rings (SSSR count). The molecule has 150 heavy (non-hydrogen) atoms. The van der Waals surface area contributed by atoms with E-state index in [1.807, 2.05) is 276 Å². The number of halogens is 4. The highest BCUT2D eigenvalue weighted by Gasteiger charge is 2.58. The SMILES string of the molecule is C=C[C@]1(C)O[C@@H](n2cnc3c(=O)[nH]c(NC(c4ccccc4)(c4ccccc4)c4ccc(OC)cc4)nc32)[C@H](F)[C@@H]1C.CCC1(CC)O[C@@H](n2cnc3c(=O)[nH]c(NC(c4ccccc4)(c4ccccc4)c4ccc(OC)cc4)nc32)[C@H](F)[C@@H]1C.CC[C@]1(CO)O[C@@H](n2cnc3c(=O)[nH]c(N)nc32)[C@H](F)[C@@H]1O.CC[C@]1(CO)O[C@@H](n2cnc3c(=O)[nH]c(NC(c4ccccc4)(c4ccccc4)c4ccc(OC)cc4)nc32)[C@H](F)[C@@H]1O. The number of anilines is 4. The van der Waals surface area contributed by atoms with Gasteiger partial charge in [0.1, 0.15) is 57.3 Å². The second kappa shape index (κ2) is 42.8. The predicted octanol–water partition coefficient (Wildman–Crippen LogP) is 15.5. The molecule has 0 unspecified atom stereocenters. The zero-order valence-corrected chi connectivity index (χ0v) is 83.7. The maximum Gasteiger partial charge on any atom is 0.280 e. The molecule has 9 aromatic carbocycles. The van der Waals surface area contributed by atoms with Crippen molar-refractivity contribution < 1.29 is 71.1 Å². The van der Waals surface area contributed by atoms with E-state index in [1.165, 1.54) is 39.0 Å². The molecule has 0 amide bonds. The van der Waals surface area contributed by atoms with Gasteiger partial charge in [-0.05, 0) is 119 Å². The van der Waals surface area contributed by atoms with Crippen LogP contribution < -0.4 is 58.1 Å². The second-order valence-corrected chi connectivity index (χ2v) is 37.6. The van der Waals surface area contributed by atoms with Gasteiger partial charge in [-0.3, -0.25) is 57.4 Å². The van der Waals surface area contributed by atoms with Crippen LogP contribution in [0.5, 0.6) is 17.2 Å². The summed E-state index contributed by atoms with van der Waals surface area (Å²) in [5, 5.41) is 50.7. The molecule has 39 heteroatoms. The van der Waals surface area contributed by atoms with Crippen molar-refractivity contribution in [2.24, 2.45) is 11.8 Å². The second-order valence-electron chi connectivity index (χ2n) is 37.6. The number of ether oxygens (including phenoxy) is 7. The van der Waals surface area contributed by atoms with Crippen molar-refractivity contribution >= 4 is 68.4 Å². The van der Waals surface area contributed by atoms with Crippen molar-refractivity contribution in [3.8, 4) is 17.2 Å². The van der Waals surface area contributed by atoms with Gasteiger partial charge in [0.2, 0.25) is 23.8 Å². The number of nitrogens with two attached hydrogens (primary N) is 1. The molecule has 0 saturated carbocycles. The van der Waals surface area contributed by atoms with Gasteiger partial charge in [0.15, 0.2) is 94.3 Å². The Balaban J connectivity index is 0.000000134. The van der Waals surface area contributed by atoms with Gasteiger partial charge in [-0.25, -0.2) is 37.5 Å². The number of aromatic amines is 4. The number of hydrogen-bond acceptors (Lipinski definition) is 27. The molecule has 0 radical (unpaired) electrons. The van der Waals surface area contributed by atoms with E-state index >= 15 is 13.2 Å². The number of aliphatic hydroxyl groups excluding tert-OH is 4. The molecule has 0 spiro atoms. The predicted molar refractivity (Wildman–Crippen MR) is 558 cm³/mol. The Kier molecular flexibility index (Phi) is 29.7. The van der Waals surface area contributed by atoms with Crippen LogP contribution in [0.25, 0.3) is 44.7 Å². The molecule has 12 heterocycles. The van der Waals surface area contributed by atoms with E-state index in [9.17, 15) is 44.0 Å². The minimum Gasteiger partial charge on any atom is -0.497 e. The molecule has 4 aliphatic rings. The van der Waals surface area contributed by atoms with Crippen LogP contribution in [-0.4, -0.2) is 192 Å². The number of hydrogen-bond donors (Lipinski definition) is 12. The topological polar surface area (TPSA) is 462 Å². The zero-order valence-electron chi connectivity index (χ0n) is 83.7. The lowest BCUT2D eigenvalue weighted by Gasteiger charge is -2.37. The number of H-pyrrole nitrogens is 4. The molecule has 0 bridgehead atoms. The van der Waals surface area contributed by atoms with Crippen LogP contribution in [-0.2, 0) is 35.6 Å². The quantitative estimate of drug-likeness (QED) is 0.0118. The van der Waals surface area contributed by atoms with Gasteiger partial charge < -0.3 is 75.3 Å². The van der Waals surface area contributed by atoms with Crippen LogP contribution in [0.15, 0.2) is 312 Å². The summed E-state index contributed by atoms with van der Waals surface area (Å²) in [6.45, 7) is 15.6. The smallest absolute Gasteiger partial charge is 0.280 e. The van der Waals surface area contributed by atoms with E-state index in [4.69, 9.17) is 53.8 Å². The van der Waals surface area contributed by atoms with Crippen LogP contribution in [0, 0.1) is 11.8 Å². The highest BCUT2D eigenvalue weighted by Crippen LogP contribution is 2.52. The summed E-state index contributed by atoms with van der Waals surface area (Å²) >= 11 is 0. The molecule has 0 aliphatic carbocycles. The first-order valence-corrected chi connectivity index (χ1v) is 49.2. The Bertz CT molecular complexity index is 7440. The van der Waals surface area contributed by atoms with Gasteiger partial charge >= 0.3 is 0 Å². The normalized spacial score (nSPS) is 22.9. The van der Waals surface area contributed by atoms with Crippen LogP contribution in [0.3, 0.4) is 0 Å². The number of alkyl halides is 4. The summed E-state index contributed by atoms with van der Waals surface area (Å²) in [6, 6.07) is 82.3. The number of nitrogen functional groups attached to an aromatic ring is 1. The summed E-state index contributed by atoms with van der Waals surface area (Å²) in [5.74, 6) is 1.67. The van der Waals surface area contributed by atoms with Crippen LogP contribution >= 0.6 is 0 Å². The van der Waals surface area contributed by atoms with E-state index in [1.54, 1.807) is 59.7 Å². The average molecular weight is 2050 g/mol. The Morgan fingerprint density at radius 3 is 0.853 bits per heavy atom. The van der Waals surface area contributed by atoms with E-state index in [2.05, 4.69) is 67.4 Å². The summed E-state index contributed by atoms with van der Waals surface area (Å²) in [5.41, 5.74) is 4.86. The van der Waals surface area contributed by atoms with Gasteiger partial charge in [0.25, 0.3) is 22.2 Å². The van der Waals surface area contributed by atoms with Crippen LogP contribution in [0.2, 0.25) is 0 Å². The number of nitrogens with one attached hydrogen (secondary N) is 7. The maximum absolute atomic E-state index is 15.8. The molecule has 17 aromatic rings. The summed E-state index contributed by atoms with van der Waals surface area (Å²) in [4.78, 5) is 97.6. The number of aliphatic hydroxyl groups is 4. The minimum atomic E-state index is -1.89. The zero-order chi connectivity index (χ0) is 106. The number of nitrogens with zero attached hydrogens (tertiary/aromatic N) is 12. The summed E-state index contributed by atoms with van der Waals surface area (Å²) in [6.07, 6.45) is -5.39. The third kappa shape index (κ3) is 18.5. The molecule has 15 atom stereocenters. The van der Waals surface area contributed by atoms with Gasteiger partial charge in [-0.1, -0.05) is 266 Å². The first-order valence-electron chi connectivity index (χ1n) is 49.2. The monoisotopic (exact) mass is 2040 g/mol. The largest absolute Gasteiger partial charge is 0.497 e. The number of benzene rings is 9. The Morgan fingerprint density at radius 1 is 0.373 bits per heavy atom. The van der Waals surface area contributed by atoms with E-state index in [0.717, 1.165) is 55.8 Å². The Labute approximate surface area is 857 Å². The van der Waals surface area contributed by atoms with E-state index in [-0.39, 0.29) is 87.2 Å². The van der Waals surface area contributed by atoms with Crippen LogP contribution in [0.1, 0.15) is 149 Å². The number of fused-ring (bicyclic) bond motifs is 4. The lowest BCUT2D eigenvalue weighted by atomic mass is 9.77. The Morgan fingerprint density at radius 2 is 0.613 bits per heavy atom. The van der Waals surface area contributed by atoms with Gasteiger partial charge in [-0.15, -0.1) is 6.58 Å². The van der Waals surface area contributed by atoms with Crippen molar-refractivity contribution in [1.82, 2.24) is 78.1 Å². The fourth-order valence-corrected chi connectivity index (χ4v) is 20.8. The maximum atomic E-state index is 15.8. The van der Waals surface area contributed by atoms with E-state index in [0.29, 0.717) is 24.3 Å². The first kappa shape index (κ1) is 104. The lowest BCUT2D eigenvalue weighted by Crippen LogP contribution is -2.44. The molecule has 35 nitrogen and oxygen atoms in total. The highest BCUT2D eigenvalue weighted by atomic mass is 19.1. The van der Waals surface area contributed by atoms with Crippen molar-refractivity contribution in [2.75, 3.05) is 56.2 Å². The minimum absolute atomic E-state index is 0.0162. The number of aromatic nitrogens is 16.